The molecule has 0 aromatic carbocycles. The second-order valence-corrected chi connectivity index (χ2v) is 3.41. The molecule has 0 radical (unpaired) electrons. The molecule has 0 atom stereocenters. The van der Waals surface area contributed by atoms with E-state index in [-0.39, 0.29) is 5.89 Å². The SMILES string of the molecule is CCOC(=O)c1nc(CCn2cccc2)no1. The summed E-state index contributed by atoms with van der Waals surface area (Å²) in [6.45, 7) is 2.76. The summed E-state index contributed by atoms with van der Waals surface area (Å²) in [4.78, 5) is 15.2. The Morgan fingerprint density at radius 1 is 1.47 bits per heavy atom. The van der Waals surface area contributed by atoms with Crippen LogP contribution in [0.3, 0.4) is 0 Å². The van der Waals surface area contributed by atoms with Crippen molar-refractivity contribution in [3.63, 3.8) is 0 Å². The number of nitrogens with zero attached hydrogens (tertiary/aromatic N) is 3. The molecule has 0 fully saturated rings. The van der Waals surface area contributed by atoms with Crippen molar-refractivity contribution in [1.82, 2.24) is 14.7 Å². The Kier molecular flexibility index (Phi) is 3.54. The van der Waals surface area contributed by atoms with Crippen LogP contribution in [-0.2, 0) is 17.7 Å². The number of esters is 1. The maximum Gasteiger partial charge on any atom is 0.397 e. The number of hydrogen-bond acceptors (Lipinski definition) is 5. The summed E-state index contributed by atoms with van der Waals surface area (Å²) in [7, 11) is 0. The summed E-state index contributed by atoms with van der Waals surface area (Å²) in [5.41, 5.74) is 0. The first-order valence-corrected chi connectivity index (χ1v) is 5.40. The van der Waals surface area contributed by atoms with Gasteiger partial charge in [0.15, 0.2) is 5.82 Å². The highest BCUT2D eigenvalue weighted by atomic mass is 16.6. The Balaban J connectivity index is 1.92. The lowest BCUT2D eigenvalue weighted by Gasteiger charge is -1.97. The van der Waals surface area contributed by atoms with Crippen LogP contribution in [0.5, 0.6) is 0 Å². The van der Waals surface area contributed by atoms with E-state index in [1.54, 1.807) is 6.92 Å². The third-order valence-electron chi connectivity index (χ3n) is 2.18. The molecule has 0 saturated heterocycles. The van der Waals surface area contributed by atoms with Crippen molar-refractivity contribution in [2.45, 2.75) is 19.9 Å². The van der Waals surface area contributed by atoms with Crippen molar-refractivity contribution in [2.24, 2.45) is 0 Å². The largest absolute Gasteiger partial charge is 0.459 e. The quantitative estimate of drug-likeness (QED) is 0.730. The molecule has 0 unspecified atom stereocenters. The lowest BCUT2D eigenvalue weighted by Crippen LogP contribution is -2.05. The number of aryl methyl sites for hydroxylation is 2. The minimum Gasteiger partial charge on any atom is -0.459 e. The molecule has 0 saturated carbocycles. The van der Waals surface area contributed by atoms with Gasteiger partial charge in [0.2, 0.25) is 0 Å². The monoisotopic (exact) mass is 235 g/mol. The molecular weight excluding hydrogens is 222 g/mol. The van der Waals surface area contributed by atoms with Crippen LogP contribution >= 0.6 is 0 Å². The van der Waals surface area contributed by atoms with Crippen LogP contribution in [0.2, 0.25) is 0 Å². The first-order chi connectivity index (χ1) is 8.29. The normalized spacial score (nSPS) is 10.4. The number of carbonyl (C=O) groups excluding carboxylic acids is 1. The number of rotatable bonds is 5. The predicted octanol–water partition coefficient (Wildman–Crippen LogP) is 1.29. The van der Waals surface area contributed by atoms with Crippen LogP contribution in [-0.4, -0.2) is 27.3 Å². The maximum absolute atomic E-state index is 11.3. The topological polar surface area (TPSA) is 70.2 Å². The van der Waals surface area contributed by atoms with Crippen molar-refractivity contribution in [1.29, 1.82) is 0 Å². The van der Waals surface area contributed by atoms with Crippen molar-refractivity contribution >= 4 is 5.97 Å². The van der Waals surface area contributed by atoms with Gasteiger partial charge in [0.25, 0.3) is 0 Å². The van der Waals surface area contributed by atoms with Crippen molar-refractivity contribution in [3.05, 3.63) is 36.2 Å². The first-order valence-electron chi connectivity index (χ1n) is 5.40. The molecule has 2 heterocycles. The minimum absolute atomic E-state index is 0.0886. The van der Waals surface area contributed by atoms with Gasteiger partial charge in [0.05, 0.1) is 6.61 Å². The van der Waals surface area contributed by atoms with Crippen LogP contribution in [0, 0.1) is 0 Å². The van der Waals surface area contributed by atoms with Gasteiger partial charge in [-0.2, -0.15) is 4.98 Å². The number of hydrogen-bond donors (Lipinski definition) is 0. The highest BCUT2D eigenvalue weighted by Crippen LogP contribution is 2.02. The van der Waals surface area contributed by atoms with E-state index in [1.807, 2.05) is 29.1 Å². The van der Waals surface area contributed by atoms with Gasteiger partial charge in [-0.15, -0.1) is 0 Å². The fraction of sp³-hybridized carbons (Fsp3) is 0.364. The Hall–Kier alpha value is -2.11. The molecule has 17 heavy (non-hydrogen) atoms. The molecule has 0 N–H and O–H groups in total. The Morgan fingerprint density at radius 3 is 2.94 bits per heavy atom. The minimum atomic E-state index is -0.577. The average Bonchev–Trinajstić information content (AvgIpc) is 2.98. The summed E-state index contributed by atoms with van der Waals surface area (Å²) >= 11 is 0. The van der Waals surface area contributed by atoms with Gasteiger partial charge in [0, 0.05) is 25.4 Å². The van der Waals surface area contributed by atoms with Crippen LogP contribution in [0.4, 0.5) is 0 Å². The molecule has 2 aromatic heterocycles. The smallest absolute Gasteiger partial charge is 0.397 e. The lowest BCUT2D eigenvalue weighted by molar-refractivity contribution is 0.0470. The molecule has 0 bridgehead atoms. The molecule has 0 aliphatic heterocycles. The van der Waals surface area contributed by atoms with Gasteiger partial charge in [-0.3, -0.25) is 0 Å². The fourth-order valence-electron chi connectivity index (χ4n) is 1.38. The third kappa shape index (κ3) is 2.93. The molecular formula is C11H13N3O3. The molecule has 2 rings (SSSR count). The predicted molar refractivity (Wildman–Crippen MR) is 58.4 cm³/mol. The Bertz CT molecular complexity index is 476. The van der Waals surface area contributed by atoms with Gasteiger partial charge in [-0.05, 0) is 19.1 Å². The highest BCUT2D eigenvalue weighted by Gasteiger charge is 2.15. The van der Waals surface area contributed by atoms with E-state index in [9.17, 15) is 4.79 Å². The summed E-state index contributed by atoms with van der Waals surface area (Å²) in [6, 6.07) is 3.89. The van der Waals surface area contributed by atoms with Crippen LogP contribution in [0.25, 0.3) is 0 Å². The zero-order chi connectivity index (χ0) is 12.1. The summed E-state index contributed by atoms with van der Waals surface area (Å²) in [5, 5.41) is 3.72. The van der Waals surface area contributed by atoms with Gasteiger partial charge in [0.1, 0.15) is 0 Å². The Morgan fingerprint density at radius 2 is 2.24 bits per heavy atom. The second-order valence-electron chi connectivity index (χ2n) is 3.41. The van der Waals surface area contributed by atoms with Crippen molar-refractivity contribution < 1.29 is 14.1 Å². The molecule has 6 heteroatoms. The summed E-state index contributed by atoms with van der Waals surface area (Å²) in [5.74, 6) is -0.164. The molecule has 6 nitrogen and oxygen atoms in total. The van der Waals surface area contributed by atoms with E-state index < -0.39 is 5.97 Å². The van der Waals surface area contributed by atoms with Crippen LogP contribution in [0.1, 0.15) is 23.4 Å². The van der Waals surface area contributed by atoms with Gasteiger partial charge < -0.3 is 13.8 Å². The zero-order valence-corrected chi connectivity index (χ0v) is 9.50. The fourth-order valence-corrected chi connectivity index (χ4v) is 1.38. The van der Waals surface area contributed by atoms with Crippen LogP contribution < -0.4 is 0 Å². The van der Waals surface area contributed by atoms with Crippen molar-refractivity contribution in [3.8, 4) is 0 Å². The molecule has 0 aliphatic carbocycles. The lowest BCUT2D eigenvalue weighted by atomic mass is 10.4. The third-order valence-corrected chi connectivity index (χ3v) is 2.18. The highest BCUT2D eigenvalue weighted by molar-refractivity contribution is 5.83. The van der Waals surface area contributed by atoms with E-state index in [0.717, 1.165) is 6.54 Å². The Labute approximate surface area is 98.2 Å². The molecule has 0 aliphatic rings. The van der Waals surface area contributed by atoms with Crippen LogP contribution in [0.15, 0.2) is 29.0 Å². The molecule has 0 amide bonds. The van der Waals surface area contributed by atoms with Gasteiger partial charge in [-0.1, -0.05) is 5.16 Å². The van der Waals surface area contributed by atoms with E-state index in [4.69, 9.17) is 9.26 Å². The van der Waals surface area contributed by atoms with Crippen molar-refractivity contribution in [2.75, 3.05) is 6.61 Å². The molecule has 90 valence electrons. The van der Waals surface area contributed by atoms with E-state index in [2.05, 4.69) is 10.1 Å². The number of aromatic nitrogens is 3. The van der Waals surface area contributed by atoms with E-state index >= 15 is 0 Å². The average molecular weight is 235 g/mol. The zero-order valence-electron chi connectivity index (χ0n) is 9.50. The van der Waals surface area contributed by atoms with E-state index in [1.165, 1.54) is 0 Å². The summed E-state index contributed by atoms with van der Waals surface area (Å²) in [6.07, 6.45) is 4.51. The maximum atomic E-state index is 11.3. The number of carbonyl (C=O) groups is 1. The number of ether oxygens (including phenoxy) is 1. The summed E-state index contributed by atoms with van der Waals surface area (Å²) < 4.78 is 11.6. The molecule has 2 aromatic rings. The standard InChI is InChI=1S/C11H13N3O3/c1-2-16-11(15)10-12-9(13-17-10)5-8-14-6-3-4-7-14/h3-4,6-7H,2,5,8H2,1H3. The van der Waals surface area contributed by atoms with Gasteiger partial charge in [-0.25, -0.2) is 4.79 Å². The molecule has 0 spiro atoms. The first kappa shape index (κ1) is 11.4. The van der Waals surface area contributed by atoms with E-state index in [0.29, 0.717) is 18.9 Å². The van der Waals surface area contributed by atoms with Gasteiger partial charge >= 0.3 is 11.9 Å². The second kappa shape index (κ2) is 5.29.